The molecule has 7 nitrogen and oxygen atoms in total. The van der Waals surface area contributed by atoms with Gasteiger partial charge in [0, 0.05) is 31.7 Å². The Morgan fingerprint density at radius 3 is 2.26 bits per heavy atom. The van der Waals surface area contributed by atoms with Crippen molar-refractivity contribution in [1.82, 2.24) is 15.5 Å². The molecule has 1 saturated heterocycles. The number of hydrogen-bond donors (Lipinski definition) is 3. The molecule has 0 aromatic heterocycles. The Morgan fingerprint density at radius 2 is 1.78 bits per heavy atom. The first-order chi connectivity index (χ1) is 12.6. The molecule has 0 saturated carbocycles. The van der Waals surface area contributed by atoms with E-state index in [1.165, 1.54) is 0 Å². The largest absolute Gasteiger partial charge is 0.481 e. The van der Waals surface area contributed by atoms with Crippen molar-refractivity contribution in [2.75, 3.05) is 19.6 Å². The summed E-state index contributed by atoms with van der Waals surface area (Å²) in [4.78, 5) is 35.7. The van der Waals surface area contributed by atoms with Crippen LogP contribution in [0.2, 0.25) is 0 Å². The van der Waals surface area contributed by atoms with Gasteiger partial charge in [0.05, 0.1) is 11.8 Å². The van der Waals surface area contributed by atoms with Crippen molar-refractivity contribution in [3.63, 3.8) is 0 Å². The topological polar surface area (TPSA) is 98.7 Å². The van der Waals surface area contributed by atoms with Gasteiger partial charge in [-0.3, -0.25) is 9.59 Å². The number of alkyl halides is 3. The van der Waals surface area contributed by atoms with Crippen molar-refractivity contribution in [3.8, 4) is 0 Å². The third-order valence-electron chi connectivity index (χ3n) is 4.34. The van der Waals surface area contributed by atoms with Gasteiger partial charge < -0.3 is 20.6 Å². The zero-order valence-corrected chi connectivity index (χ0v) is 14.5. The van der Waals surface area contributed by atoms with Gasteiger partial charge in [0.1, 0.15) is 0 Å². The van der Waals surface area contributed by atoms with Crippen LogP contribution >= 0.6 is 0 Å². The normalized spacial score (nSPS) is 19.6. The number of aliphatic carboxylic acids is 1. The lowest BCUT2D eigenvalue weighted by atomic mass is 9.96. The van der Waals surface area contributed by atoms with E-state index >= 15 is 0 Å². The van der Waals surface area contributed by atoms with Crippen molar-refractivity contribution >= 4 is 17.9 Å². The molecule has 27 heavy (non-hydrogen) atoms. The van der Waals surface area contributed by atoms with Crippen LogP contribution in [0.3, 0.4) is 0 Å². The number of rotatable bonds is 5. The Kier molecular flexibility index (Phi) is 6.29. The molecular weight excluding hydrogens is 367 g/mol. The number of carbonyl (C=O) groups excluding carboxylic acids is 2. The molecule has 1 aliphatic rings. The summed E-state index contributed by atoms with van der Waals surface area (Å²) >= 11 is 0. The highest BCUT2D eigenvalue weighted by Crippen LogP contribution is 2.37. The first-order valence-corrected chi connectivity index (χ1v) is 8.33. The van der Waals surface area contributed by atoms with Gasteiger partial charge in [-0.15, -0.1) is 0 Å². The average Bonchev–Trinajstić information content (AvgIpc) is 3.06. The van der Waals surface area contributed by atoms with Gasteiger partial charge >= 0.3 is 18.2 Å². The number of nitrogens with one attached hydrogen (secondary N) is 2. The maximum atomic E-state index is 13.0. The number of halogens is 3. The number of urea groups is 1. The summed E-state index contributed by atoms with van der Waals surface area (Å²) in [6, 6.07) is 5.62. The van der Waals surface area contributed by atoms with Crippen molar-refractivity contribution in [2.24, 2.45) is 11.8 Å². The van der Waals surface area contributed by atoms with E-state index in [2.05, 4.69) is 10.6 Å². The van der Waals surface area contributed by atoms with Crippen LogP contribution in [0, 0.1) is 11.8 Å². The van der Waals surface area contributed by atoms with Crippen LogP contribution in [0.15, 0.2) is 24.3 Å². The first kappa shape index (κ1) is 20.5. The van der Waals surface area contributed by atoms with E-state index in [1.54, 1.807) is 31.2 Å². The summed E-state index contributed by atoms with van der Waals surface area (Å²) in [6.07, 6.45) is -4.69. The quantitative estimate of drug-likeness (QED) is 0.718. The highest BCUT2D eigenvalue weighted by atomic mass is 19.4. The molecule has 2 atom stereocenters. The number of nitrogens with zero attached hydrogens (tertiary/aromatic N) is 1. The van der Waals surface area contributed by atoms with Gasteiger partial charge in [-0.2, -0.15) is 13.2 Å². The molecule has 1 aromatic rings. The van der Waals surface area contributed by atoms with E-state index in [1.807, 2.05) is 0 Å². The monoisotopic (exact) mass is 387 g/mol. The lowest BCUT2D eigenvalue weighted by Gasteiger charge is -2.18. The van der Waals surface area contributed by atoms with Crippen molar-refractivity contribution in [1.29, 1.82) is 0 Å². The van der Waals surface area contributed by atoms with E-state index in [4.69, 9.17) is 5.11 Å². The molecule has 0 radical (unpaired) electrons. The molecule has 148 valence electrons. The number of amides is 3. The van der Waals surface area contributed by atoms with Gasteiger partial charge in [-0.25, -0.2) is 4.79 Å². The second-order valence-electron chi connectivity index (χ2n) is 6.21. The summed E-state index contributed by atoms with van der Waals surface area (Å²) < 4.78 is 38.9. The predicted octanol–water partition coefficient (Wildman–Crippen LogP) is 1.84. The Hall–Kier alpha value is -2.78. The number of benzene rings is 1. The van der Waals surface area contributed by atoms with Gasteiger partial charge in [0.25, 0.3) is 5.91 Å². The van der Waals surface area contributed by atoms with E-state index in [-0.39, 0.29) is 12.5 Å². The molecule has 3 N–H and O–H groups in total. The van der Waals surface area contributed by atoms with E-state index < -0.39 is 43.1 Å². The smallest absolute Gasteiger partial charge is 0.394 e. The summed E-state index contributed by atoms with van der Waals surface area (Å²) in [5, 5.41) is 14.1. The van der Waals surface area contributed by atoms with Crippen LogP contribution in [-0.4, -0.2) is 53.7 Å². The minimum atomic E-state index is -4.69. The third kappa shape index (κ3) is 5.11. The predicted molar refractivity (Wildman–Crippen MR) is 88.9 cm³/mol. The number of carboxylic acid groups (broad SMARTS) is 1. The standard InChI is InChI=1S/C17H20F3N3O4/c1-2-21-14(24)11-5-3-10(4-6-11)7-22-16(27)23-8-12(15(25)26)13(9-23)17(18,19)20/h3-6,12-13H,2,7-9H2,1H3,(H,21,24)(H,22,27)(H,25,26)/t12-,13-/m1/s1. The molecule has 1 aromatic carbocycles. The van der Waals surface area contributed by atoms with E-state index in [9.17, 15) is 27.6 Å². The third-order valence-corrected chi connectivity index (χ3v) is 4.34. The molecule has 1 fully saturated rings. The van der Waals surface area contributed by atoms with Crippen LogP contribution in [0.4, 0.5) is 18.0 Å². The molecule has 1 aliphatic heterocycles. The number of likely N-dealkylation sites (tertiary alicyclic amines) is 1. The van der Waals surface area contributed by atoms with Crippen LogP contribution in [0.5, 0.6) is 0 Å². The fourth-order valence-corrected chi connectivity index (χ4v) is 2.88. The molecule has 0 unspecified atom stereocenters. The zero-order chi connectivity index (χ0) is 20.2. The molecular formula is C17H20F3N3O4. The number of carbonyl (C=O) groups is 3. The Bertz CT molecular complexity index is 706. The number of hydrogen-bond acceptors (Lipinski definition) is 3. The summed E-state index contributed by atoms with van der Waals surface area (Å²) in [6.45, 7) is 1.13. The van der Waals surface area contributed by atoms with Crippen molar-refractivity contribution in [3.05, 3.63) is 35.4 Å². The zero-order valence-electron chi connectivity index (χ0n) is 14.5. The second kappa shape index (κ2) is 8.28. The second-order valence-corrected chi connectivity index (χ2v) is 6.21. The molecule has 0 aliphatic carbocycles. The van der Waals surface area contributed by atoms with Gasteiger partial charge in [0.15, 0.2) is 0 Å². The summed E-state index contributed by atoms with van der Waals surface area (Å²) in [5.41, 5.74) is 1.10. The Morgan fingerprint density at radius 1 is 1.15 bits per heavy atom. The first-order valence-electron chi connectivity index (χ1n) is 8.33. The Labute approximate surface area is 153 Å². The molecule has 1 heterocycles. The highest BCUT2D eigenvalue weighted by Gasteiger charge is 2.53. The van der Waals surface area contributed by atoms with Gasteiger partial charge in [0.2, 0.25) is 0 Å². The lowest BCUT2D eigenvalue weighted by molar-refractivity contribution is -0.187. The van der Waals surface area contributed by atoms with Crippen LogP contribution in [-0.2, 0) is 11.3 Å². The van der Waals surface area contributed by atoms with Crippen LogP contribution < -0.4 is 10.6 Å². The van der Waals surface area contributed by atoms with Gasteiger partial charge in [-0.05, 0) is 24.6 Å². The average molecular weight is 387 g/mol. The maximum Gasteiger partial charge on any atom is 0.394 e. The molecule has 0 bridgehead atoms. The SMILES string of the molecule is CCNC(=O)c1ccc(CNC(=O)N2C[C@@H](C(F)(F)F)[C@H](C(=O)O)C2)cc1. The van der Waals surface area contributed by atoms with Crippen LogP contribution in [0.1, 0.15) is 22.8 Å². The van der Waals surface area contributed by atoms with Crippen molar-refractivity contribution in [2.45, 2.75) is 19.6 Å². The van der Waals surface area contributed by atoms with Gasteiger partial charge in [-0.1, -0.05) is 12.1 Å². The Balaban J connectivity index is 1.94. The summed E-state index contributed by atoms with van der Waals surface area (Å²) in [7, 11) is 0. The fourth-order valence-electron chi connectivity index (χ4n) is 2.88. The molecule has 2 rings (SSSR count). The van der Waals surface area contributed by atoms with Crippen LogP contribution in [0.25, 0.3) is 0 Å². The fraction of sp³-hybridized carbons (Fsp3) is 0.471. The number of carboxylic acids is 1. The minimum absolute atomic E-state index is 0.0411. The van der Waals surface area contributed by atoms with E-state index in [0.29, 0.717) is 17.7 Å². The molecule has 10 heteroatoms. The van der Waals surface area contributed by atoms with E-state index in [0.717, 1.165) is 4.90 Å². The molecule has 0 spiro atoms. The lowest BCUT2D eigenvalue weighted by Crippen LogP contribution is -2.39. The minimum Gasteiger partial charge on any atom is -0.481 e. The van der Waals surface area contributed by atoms with Crippen molar-refractivity contribution < 1.29 is 32.7 Å². The summed E-state index contributed by atoms with van der Waals surface area (Å²) in [5.74, 6) is -5.57. The highest BCUT2D eigenvalue weighted by molar-refractivity contribution is 5.94. The molecule has 3 amide bonds. The maximum absolute atomic E-state index is 13.0.